The van der Waals surface area contributed by atoms with Crippen LogP contribution in [0.4, 0.5) is 0 Å². The molecular weight excluding hydrogens is 292 g/mol. The molecule has 1 aromatic rings. The number of carbonyl (C=O) groups excluding carboxylic acids is 1. The van der Waals surface area contributed by atoms with Gasteiger partial charge in [0.2, 0.25) is 0 Å². The third-order valence-electron chi connectivity index (χ3n) is 3.91. The van der Waals surface area contributed by atoms with Gasteiger partial charge in [0.15, 0.2) is 0 Å². The molecule has 2 aliphatic heterocycles. The van der Waals surface area contributed by atoms with Crippen LogP contribution in [-0.4, -0.2) is 47.9 Å². The van der Waals surface area contributed by atoms with Crippen molar-refractivity contribution < 1.29 is 4.79 Å². The summed E-state index contributed by atoms with van der Waals surface area (Å²) >= 11 is 3.44. The fourth-order valence-corrected chi connectivity index (χ4v) is 3.22. The summed E-state index contributed by atoms with van der Waals surface area (Å²) < 4.78 is 0.889. The average molecular weight is 309 g/mol. The quantitative estimate of drug-likeness (QED) is 0.837. The fraction of sp³-hybridized carbons (Fsp3) is 0.500. The Labute approximate surface area is 116 Å². The van der Waals surface area contributed by atoms with Crippen molar-refractivity contribution in [3.05, 3.63) is 34.3 Å². The van der Waals surface area contributed by atoms with Crippen molar-refractivity contribution in [2.45, 2.75) is 18.9 Å². The predicted molar refractivity (Wildman–Crippen MR) is 74.6 cm³/mol. The molecule has 0 N–H and O–H groups in total. The Hall–Kier alpha value is -0.870. The van der Waals surface area contributed by atoms with Gasteiger partial charge in [0.25, 0.3) is 5.91 Å². The van der Waals surface area contributed by atoms with Gasteiger partial charge in [-0.15, -0.1) is 0 Å². The zero-order valence-electron chi connectivity index (χ0n) is 10.3. The minimum absolute atomic E-state index is 0.151. The molecule has 0 spiro atoms. The number of amides is 1. The molecule has 3 rings (SSSR count). The maximum atomic E-state index is 12.3. The number of likely N-dealkylation sites (tertiary alicyclic amines) is 2. The van der Waals surface area contributed by atoms with Gasteiger partial charge in [0.1, 0.15) is 0 Å². The SMILES string of the molecule is O=C(c1ccccc1Br)N1CC(N2CCCC2)C1. The highest BCUT2D eigenvalue weighted by molar-refractivity contribution is 9.10. The van der Waals surface area contributed by atoms with Crippen LogP contribution in [0.3, 0.4) is 0 Å². The van der Waals surface area contributed by atoms with Crippen molar-refractivity contribution >= 4 is 21.8 Å². The first-order chi connectivity index (χ1) is 8.75. The van der Waals surface area contributed by atoms with Gasteiger partial charge in [-0.2, -0.15) is 0 Å². The second kappa shape index (κ2) is 5.02. The predicted octanol–water partition coefficient (Wildman–Crippen LogP) is 2.37. The molecule has 0 aromatic heterocycles. The second-order valence-electron chi connectivity index (χ2n) is 5.09. The van der Waals surface area contributed by atoms with Crippen LogP contribution in [-0.2, 0) is 0 Å². The number of nitrogens with zero attached hydrogens (tertiary/aromatic N) is 2. The largest absolute Gasteiger partial charge is 0.335 e. The Morgan fingerprint density at radius 1 is 1.17 bits per heavy atom. The summed E-state index contributed by atoms with van der Waals surface area (Å²) in [5.74, 6) is 0.151. The highest BCUT2D eigenvalue weighted by Gasteiger charge is 2.36. The smallest absolute Gasteiger partial charge is 0.255 e. The van der Waals surface area contributed by atoms with Crippen LogP contribution in [0.25, 0.3) is 0 Å². The first-order valence-corrected chi connectivity index (χ1v) is 7.33. The van der Waals surface area contributed by atoms with Crippen molar-refractivity contribution in [2.24, 2.45) is 0 Å². The highest BCUT2D eigenvalue weighted by Crippen LogP contribution is 2.24. The molecule has 0 saturated carbocycles. The molecule has 1 aromatic carbocycles. The number of benzene rings is 1. The minimum Gasteiger partial charge on any atom is -0.335 e. The molecule has 18 heavy (non-hydrogen) atoms. The van der Waals surface area contributed by atoms with Gasteiger partial charge in [-0.3, -0.25) is 9.69 Å². The van der Waals surface area contributed by atoms with Crippen LogP contribution >= 0.6 is 15.9 Å². The van der Waals surface area contributed by atoms with Gasteiger partial charge in [-0.1, -0.05) is 12.1 Å². The number of carbonyl (C=O) groups is 1. The Bertz CT molecular complexity index is 451. The lowest BCUT2D eigenvalue weighted by Gasteiger charge is -2.44. The maximum absolute atomic E-state index is 12.3. The van der Waals surface area contributed by atoms with E-state index in [1.54, 1.807) is 0 Å². The van der Waals surface area contributed by atoms with Gasteiger partial charge in [-0.05, 0) is 54.0 Å². The van der Waals surface area contributed by atoms with Crippen LogP contribution in [0.15, 0.2) is 28.7 Å². The van der Waals surface area contributed by atoms with E-state index in [0.29, 0.717) is 6.04 Å². The highest BCUT2D eigenvalue weighted by atomic mass is 79.9. The summed E-state index contributed by atoms with van der Waals surface area (Å²) in [5, 5.41) is 0. The van der Waals surface area contributed by atoms with Crippen molar-refractivity contribution in [1.82, 2.24) is 9.80 Å². The van der Waals surface area contributed by atoms with Crippen LogP contribution < -0.4 is 0 Å². The van der Waals surface area contributed by atoms with Crippen molar-refractivity contribution in [2.75, 3.05) is 26.2 Å². The van der Waals surface area contributed by atoms with E-state index in [4.69, 9.17) is 0 Å². The van der Waals surface area contributed by atoms with Crippen molar-refractivity contribution in [3.8, 4) is 0 Å². The first kappa shape index (κ1) is 12.2. The van der Waals surface area contributed by atoms with Crippen LogP contribution in [0.2, 0.25) is 0 Å². The van der Waals surface area contributed by atoms with Gasteiger partial charge < -0.3 is 4.90 Å². The fourth-order valence-electron chi connectivity index (χ4n) is 2.76. The molecule has 0 radical (unpaired) electrons. The van der Waals surface area contributed by atoms with E-state index in [1.807, 2.05) is 29.2 Å². The molecule has 2 fully saturated rings. The third kappa shape index (κ3) is 2.19. The molecule has 4 heteroatoms. The van der Waals surface area contributed by atoms with Crippen molar-refractivity contribution in [3.63, 3.8) is 0 Å². The summed E-state index contributed by atoms with van der Waals surface area (Å²) in [4.78, 5) is 16.8. The van der Waals surface area contributed by atoms with Crippen LogP contribution in [0.5, 0.6) is 0 Å². The summed E-state index contributed by atoms with van der Waals surface area (Å²) in [5.41, 5.74) is 0.775. The Kier molecular flexibility index (Phi) is 3.39. The normalized spacial score (nSPS) is 21.1. The van der Waals surface area contributed by atoms with Crippen molar-refractivity contribution in [1.29, 1.82) is 0 Å². The molecular formula is C14H17BrN2O. The lowest BCUT2D eigenvalue weighted by molar-refractivity contribution is 0.0333. The Morgan fingerprint density at radius 2 is 1.83 bits per heavy atom. The Balaban J connectivity index is 1.61. The lowest BCUT2D eigenvalue weighted by Crippen LogP contribution is -2.60. The summed E-state index contributed by atoms with van der Waals surface area (Å²) in [6.07, 6.45) is 2.63. The van der Waals surface area contributed by atoms with Gasteiger partial charge >= 0.3 is 0 Å². The van der Waals surface area contributed by atoms with E-state index in [-0.39, 0.29) is 5.91 Å². The van der Waals surface area contributed by atoms with Crippen LogP contribution in [0, 0.1) is 0 Å². The number of hydrogen-bond acceptors (Lipinski definition) is 2. The summed E-state index contributed by atoms with van der Waals surface area (Å²) in [6.45, 7) is 4.20. The van der Waals surface area contributed by atoms with Gasteiger partial charge in [0, 0.05) is 23.6 Å². The number of halogens is 1. The van der Waals surface area contributed by atoms with E-state index in [1.165, 1.54) is 25.9 Å². The minimum atomic E-state index is 0.151. The summed E-state index contributed by atoms with van der Waals surface area (Å²) in [7, 11) is 0. The standard InChI is InChI=1S/C14H17BrN2O/c15-13-6-2-1-5-12(13)14(18)17-9-11(10-17)16-7-3-4-8-16/h1-2,5-6,11H,3-4,7-10H2. The molecule has 2 aliphatic rings. The Morgan fingerprint density at radius 3 is 2.50 bits per heavy atom. The molecule has 2 saturated heterocycles. The summed E-state index contributed by atoms with van der Waals surface area (Å²) in [6, 6.07) is 8.25. The monoisotopic (exact) mass is 308 g/mol. The number of rotatable bonds is 2. The van der Waals surface area contributed by atoms with E-state index in [9.17, 15) is 4.79 Å². The second-order valence-corrected chi connectivity index (χ2v) is 5.94. The molecule has 1 amide bonds. The first-order valence-electron chi connectivity index (χ1n) is 6.53. The van der Waals surface area contributed by atoms with Gasteiger partial charge in [0.05, 0.1) is 5.56 Å². The molecule has 2 heterocycles. The van der Waals surface area contributed by atoms with Crippen LogP contribution in [0.1, 0.15) is 23.2 Å². The zero-order valence-corrected chi connectivity index (χ0v) is 11.9. The number of hydrogen-bond donors (Lipinski definition) is 0. The van der Waals surface area contributed by atoms with E-state index in [0.717, 1.165) is 23.1 Å². The molecule has 0 unspecified atom stereocenters. The van der Waals surface area contributed by atoms with E-state index >= 15 is 0 Å². The molecule has 0 aliphatic carbocycles. The van der Waals surface area contributed by atoms with Gasteiger partial charge in [-0.25, -0.2) is 0 Å². The van der Waals surface area contributed by atoms with E-state index < -0.39 is 0 Å². The lowest BCUT2D eigenvalue weighted by atomic mass is 10.1. The topological polar surface area (TPSA) is 23.6 Å². The third-order valence-corrected chi connectivity index (χ3v) is 4.60. The van der Waals surface area contributed by atoms with E-state index in [2.05, 4.69) is 20.8 Å². The average Bonchev–Trinajstić information content (AvgIpc) is 2.81. The molecule has 3 nitrogen and oxygen atoms in total. The molecule has 96 valence electrons. The zero-order chi connectivity index (χ0) is 12.5. The molecule has 0 atom stereocenters. The maximum Gasteiger partial charge on any atom is 0.255 e. The molecule has 0 bridgehead atoms.